The molecule has 158 valence electrons. The summed E-state index contributed by atoms with van der Waals surface area (Å²) in [6.07, 6.45) is 4.92. The Balaban J connectivity index is 1.46. The van der Waals surface area contributed by atoms with E-state index in [1.165, 1.54) is 0 Å². The van der Waals surface area contributed by atoms with E-state index >= 15 is 0 Å². The normalized spacial score (nSPS) is 26.0. The van der Waals surface area contributed by atoms with Crippen molar-refractivity contribution in [2.75, 3.05) is 31.1 Å². The molecule has 29 heavy (non-hydrogen) atoms. The van der Waals surface area contributed by atoms with E-state index < -0.39 is 11.2 Å². The van der Waals surface area contributed by atoms with Gasteiger partial charge in [-0.05, 0) is 58.6 Å². The number of nitriles is 1. The van der Waals surface area contributed by atoms with Crippen LogP contribution in [-0.2, 0) is 9.53 Å². The smallest absolute Gasteiger partial charge is 0.309 e. The van der Waals surface area contributed by atoms with E-state index in [-0.39, 0.29) is 12.4 Å². The van der Waals surface area contributed by atoms with Gasteiger partial charge in [0.25, 0.3) is 0 Å². The highest BCUT2D eigenvalue weighted by Crippen LogP contribution is 2.34. The number of aromatic nitrogens is 1. The number of rotatable bonds is 4. The van der Waals surface area contributed by atoms with Gasteiger partial charge >= 0.3 is 5.97 Å². The van der Waals surface area contributed by atoms with Gasteiger partial charge in [0.1, 0.15) is 17.4 Å². The molecule has 0 spiro atoms. The predicted octanol–water partition coefficient (Wildman–Crippen LogP) is 2.48. The van der Waals surface area contributed by atoms with Crippen LogP contribution < -0.4 is 4.90 Å². The minimum Gasteiger partial charge on any atom is -0.460 e. The number of carbonyl (C=O) groups is 1. The molecule has 7 heteroatoms. The van der Waals surface area contributed by atoms with Crippen LogP contribution in [0.5, 0.6) is 0 Å². The quantitative estimate of drug-likeness (QED) is 0.777. The van der Waals surface area contributed by atoms with Gasteiger partial charge in [0, 0.05) is 32.2 Å². The summed E-state index contributed by atoms with van der Waals surface area (Å²) < 4.78 is 5.38. The molecule has 1 aromatic heterocycles. The topological polar surface area (TPSA) is 89.7 Å². The number of hydrogen-bond donors (Lipinski definition) is 1. The molecule has 1 aliphatic carbocycles. The maximum absolute atomic E-state index is 12.1. The molecule has 0 aromatic carbocycles. The lowest BCUT2D eigenvalue weighted by Gasteiger charge is -2.44. The van der Waals surface area contributed by atoms with E-state index in [0.29, 0.717) is 24.6 Å². The Bertz CT molecular complexity index is 735. The highest BCUT2D eigenvalue weighted by atomic mass is 16.6. The van der Waals surface area contributed by atoms with E-state index in [2.05, 4.69) is 14.8 Å². The van der Waals surface area contributed by atoms with Crippen LogP contribution in [0.25, 0.3) is 0 Å². The van der Waals surface area contributed by atoms with E-state index in [0.717, 1.165) is 44.7 Å². The van der Waals surface area contributed by atoms with E-state index in [1.54, 1.807) is 12.3 Å². The highest BCUT2D eigenvalue weighted by Gasteiger charge is 2.38. The zero-order valence-corrected chi connectivity index (χ0v) is 17.7. The van der Waals surface area contributed by atoms with Crippen LogP contribution in [0.2, 0.25) is 0 Å². The summed E-state index contributed by atoms with van der Waals surface area (Å²) >= 11 is 0. The Kier molecular flexibility index (Phi) is 6.45. The second kappa shape index (κ2) is 8.68. The third-order valence-electron chi connectivity index (χ3n) is 5.84. The lowest BCUT2D eigenvalue weighted by molar-refractivity contribution is -0.162. The van der Waals surface area contributed by atoms with E-state index in [4.69, 9.17) is 10.00 Å². The molecular weight excluding hydrogens is 368 g/mol. The number of pyridine rings is 1. The van der Waals surface area contributed by atoms with Crippen LogP contribution in [0.15, 0.2) is 18.3 Å². The largest absolute Gasteiger partial charge is 0.460 e. The average molecular weight is 401 g/mol. The first-order valence-electron chi connectivity index (χ1n) is 10.5. The van der Waals surface area contributed by atoms with Crippen molar-refractivity contribution in [3.63, 3.8) is 0 Å². The van der Waals surface area contributed by atoms with Gasteiger partial charge in [-0.15, -0.1) is 0 Å². The van der Waals surface area contributed by atoms with Crippen LogP contribution in [0.1, 0.15) is 58.6 Å². The molecule has 3 rings (SSSR count). The Morgan fingerprint density at radius 1 is 1.28 bits per heavy atom. The van der Waals surface area contributed by atoms with Gasteiger partial charge in [-0.3, -0.25) is 9.69 Å². The molecule has 0 bridgehead atoms. The molecular formula is C22H32N4O3. The SMILES string of the molecule is CC(C)(C)OC(=O)CC1(O)CCC(N2CCN(c3ccc(C#N)nc3)CC2)CC1. The van der Waals surface area contributed by atoms with Crippen LogP contribution in [0.3, 0.4) is 0 Å². The number of nitrogens with zero attached hydrogens (tertiary/aromatic N) is 4. The second-order valence-electron chi connectivity index (χ2n) is 9.26. The monoisotopic (exact) mass is 400 g/mol. The molecule has 2 fully saturated rings. The van der Waals surface area contributed by atoms with E-state index in [1.807, 2.05) is 32.9 Å². The number of ether oxygens (including phenoxy) is 1. The molecule has 0 radical (unpaired) electrons. The Morgan fingerprint density at radius 3 is 2.45 bits per heavy atom. The molecule has 1 saturated carbocycles. The lowest BCUT2D eigenvalue weighted by atomic mass is 9.79. The van der Waals surface area contributed by atoms with E-state index in [9.17, 15) is 9.90 Å². The molecule has 0 atom stereocenters. The highest BCUT2D eigenvalue weighted by molar-refractivity contribution is 5.71. The standard InChI is InChI=1S/C22H32N4O3/c1-21(2,3)29-20(27)14-22(28)8-6-18(7-9-22)25-10-12-26(13-11-25)19-5-4-17(15-23)24-16-19/h4-5,16,18,28H,6-14H2,1-3H3. The van der Waals surface area contributed by atoms with Crippen molar-refractivity contribution in [3.8, 4) is 6.07 Å². The molecule has 1 aromatic rings. The van der Waals surface area contributed by atoms with Crippen molar-refractivity contribution in [3.05, 3.63) is 24.0 Å². The van der Waals surface area contributed by atoms with Gasteiger partial charge in [0.05, 0.1) is 23.9 Å². The molecule has 0 amide bonds. The molecule has 1 N–H and O–H groups in total. The van der Waals surface area contributed by atoms with Crippen molar-refractivity contribution in [2.45, 2.75) is 70.1 Å². The fraction of sp³-hybridized carbons (Fsp3) is 0.682. The first-order chi connectivity index (χ1) is 13.7. The minimum atomic E-state index is -0.936. The number of carbonyl (C=O) groups excluding carboxylic acids is 1. The third-order valence-corrected chi connectivity index (χ3v) is 5.84. The first-order valence-corrected chi connectivity index (χ1v) is 10.5. The van der Waals surface area contributed by atoms with Gasteiger partial charge in [-0.25, -0.2) is 4.98 Å². The number of aliphatic hydroxyl groups is 1. The first kappa shape index (κ1) is 21.5. The predicted molar refractivity (Wildman–Crippen MR) is 110 cm³/mol. The fourth-order valence-corrected chi connectivity index (χ4v) is 4.31. The Hall–Kier alpha value is -2.17. The molecule has 1 saturated heterocycles. The maximum atomic E-state index is 12.1. The number of anilines is 1. The fourth-order valence-electron chi connectivity index (χ4n) is 4.31. The second-order valence-corrected chi connectivity index (χ2v) is 9.26. The van der Waals surface area contributed by atoms with Gasteiger partial charge < -0.3 is 14.7 Å². The van der Waals surface area contributed by atoms with Gasteiger partial charge in [0.15, 0.2) is 0 Å². The van der Waals surface area contributed by atoms with Crippen molar-refractivity contribution < 1.29 is 14.6 Å². The van der Waals surface area contributed by atoms with Crippen molar-refractivity contribution in [1.29, 1.82) is 5.26 Å². The molecule has 1 aliphatic heterocycles. The summed E-state index contributed by atoms with van der Waals surface area (Å²) in [6.45, 7) is 9.32. The summed E-state index contributed by atoms with van der Waals surface area (Å²) in [5.41, 5.74) is 0.0383. The minimum absolute atomic E-state index is 0.0798. The van der Waals surface area contributed by atoms with Crippen LogP contribution >= 0.6 is 0 Å². The zero-order chi connectivity index (χ0) is 21.1. The van der Waals surface area contributed by atoms with Gasteiger partial charge in [-0.2, -0.15) is 5.26 Å². The molecule has 2 aliphatic rings. The van der Waals surface area contributed by atoms with Gasteiger partial charge in [-0.1, -0.05) is 0 Å². The molecule has 0 unspecified atom stereocenters. The number of esters is 1. The van der Waals surface area contributed by atoms with Crippen molar-refractivity contribution in [2.24, 2.45) is 0 Å². The van der Waals surface area contributed by atoms with Gasteiger partial charge in [0.2, 0.25) is 0 Å². The molecule has 7 nitrogen and oxygen atoms in total. The Labute approximate surface area is 173 Å². The maximum Gasteiger partial charge on any atom is 0.309 e. The lowest BCUT2D eigenvalue weighted by Crippen LogP contribution is -2.52. The number of hydrogen-bond acceptors (Lipinski definition) is 7. The van der Waals surface area contributed by atoms with Crippen LogP contribution in [0.4, 0.5) is 5.69 Å². The summed E-state index contributed by atoms with van der Waals surface area (Å²) in [7, 11) is 0. The summed E-state index contributed by atoms with van der Waals surface area (Å²) in [5, 5.41) is 19.7. The van der Waals surface area contributed by atoms with Crippen molar-refractivity contribution >= 4 is 11.7 Å². The third kappa shape index (κ3) is 5.91. The average Bonchev–Trinajstić information content (AvgIpc) is 2.67. The summed E-state index contributed by atoms with van der Waals surface area (Å²) in [6, 6.07) is 6.22. The number of piperazine rings is 1. The molecule has 2 heterocycles. The zero-order valence-electron chi connectivity index (χ0n) is 17.7. The summed E-state index contributed by atoms with van der Waals surface area (Å²) in [5.74, 6) is -0.317. The Morgan fingerprint density at radius 2 is 1.93 bits per heavy atom. The van der Waals surface area contributed by atoms with Crippen LogP contribution in [0, 0.1) is 11.3 Å². The van der Waals surface area contributed by atoms with Crippen molar-refractivity contribution in [1.82, 2.24) is 9.88 Å². The summed E-state index contributed by atoms with van der Waals surface area (Å²) in [4.78, 5) is 21.1. The van der Waals surface area contributed by atoms with Crippen LogP contribution in [-0.4, -0.2) is 64.4 Å².